The van der Waals surface area contributed by atoms with Gasteiger partial charge in [-0.25, -0.2) is 4.57 Å². The molecule has 0 fully saturated rings. The molecule has 0 radical (unpaired) electrons. The molecular weight excluding hydrogens is 988 g/mol. The number of rotatable bonds is 61. The maximum atomic E-state index is 13.6. The Morgan fingerprint density at radius 2 is 0.782 bits per heavy atom. The van der Waals surface area contributed by atoms with E-state index in [-0.39, 0.29) is 31.5 Å². The lowest BCUT2D eigenvalue weighted by atomic mass is 10.0. The van der Waals surface area contributed by atoms with Gasteiger partial charge in [0.1, 0.15) is 19.3 Å². The smallest absolute Gasteiger partial charge is 0.456 e. The number of hydrogen-bond acceptors (Lipinski definition) is 6. The van der Waals surface area contributed by atoms with Crippen LogP contribution in [0.3, 0.4) is 0 Å². The van der Waals surface area contributed by atoms with Crippen LogP contribution in [0.15, 0.2) is 48.6 Å². The normalized spacial score (nSPS) is 13.9. The zero-order valence-corrected chi connectivity index (χ0v) is 53.3. The van der Waals surface area contributed by atoms with Crippen LogP contribution in [-0.2, 0) is 27.9 Å². The first-order valence-electron chi connectivity index (χ1n) is 33.5. The second-order valence-electron chi connectivity index (χ2n) is 24.0. The molecule has 458 valence electrons. The summed E-state index contributed by atoms with van der Waals surface area (Å²) in [6.07, 6.45) is 72.5. The third kappa shape index (κ3) is 58.6. The first kappa shape index (κ1) is 76.0. The van der Waals surface area contributed by atoms with Gasteiger partial charge in [-0.2, -0.15) is 0 Å². The number of esters is 1. The number of carbonyl (C=O) groups excluding carboxylic acids is 2. The summed E-state index contributed by atoms with van der Waals surface area (Å²) in [5.74, 6) is -0.495. The zero-order chi connectivity index (χ0) is 57.2. The molecular formula is C68H130N2O7P+. The molecule has 9 nitrogen and oxygen atoms in total. The lowest BCUT2D eigenvalue weighted by Gasteiger charge is -2.27. The Balaban J connectivity index is 5.13. The highest BCUT2D eigenvalue weighted by atomic mass is 31.2. The van der Waals surface area contributed by atoms with Crippen LogP contribution in [0, 0.1) is 0 Å². The van der Waals surface area contributed by atoms with Crippen molar-refractivity contribution < 1.29 is 37.3 Å². The van der Waals surface area contributed by atoms with Crippen molar-refractivity contribution in [2.45, 2.75) is 335 Å². The maximum Gasteiger partial charge on any atom is 0.472 e. The van der Waals surface area contributed by atoms with Crippen molar-refractivity contribution in [3.8, 4) is 0 Å². The standard InChI is InChI=1S/C68H129N2O7P/c1-7-10-13-16-19-22-25-28-30-32-33-34-35-36-37-39-41-43-46-49-52-55-58-61-68(72)77-66(59-56-53-50-47-44-27-24-21-18-15-12-9-3)65(64-76-78(73,74)75-63-62-70(4,5)6)69-67(71)60-57-54-51-48-45-42-40-38-31-29-26-23-20-17-14-11-8-2/h19,22,28,30,33-34,56,59,65-66H,7-18,20-21,23-27,29,31-32,35-55,57-58,60-64H2,1-6H3,(H-,69,71,73,74)/p+1/b22-19-,30-28-,34-33-,59-56+. The van der Waals surface area contributed by atoms with Crippen molar-refractivity contribution in [2.75, 3.05) is 40.9 Å². The first-order chi connectivity index (χ1) is 37.9. The van der Waals surface area contributed by atoms with E-state index >= 15 is 0 Å². The fraction of sp³-hybridized carbons (Fsp3) is 0.853. The predicted molar refractivity (Wildman–Crippen MR) is 337 cm³/mol. The minimum absolute atomic E-state index is 0.0412. The fourth-order valence-corrected chi connectivity index (χ4v) is 10.6. The van der Waals surface area contributed by atoms with Crippen LogP contribution in [0.5, 0.6) is 0 Å². The molecule has 0 saturated carbocycles. The molecule has 0 rings (SSSR count). The topological polar surface area (TPSA) is 111 Å². The fourth-order valence-electron chi connectivity index (χ4n) is 9.83. The molecule has 0 aliphatic rings. The highest BCUT2D eigenvalue weighted by molar-refractivity contribution is 7.47. The van der Waals surface area contributed by atoms with Crippen molar-refractivity contribution in [2.24, 2.45) is 0 Å². The van der Waals surface area contributed by atoms with Crippen molar-refractivity contribution in [3.63, 3.8) is 0 Å². The van der Waals surface area contributed by atoms with Crippen molar-refractivity contribution in [1.82, 2.24) is 5.32 Å². The van der Waals surface area contributed by atoms with Gasteiger partial charge in [-0.1, -0.05) is 288 Å². The van der Waals surface area contributed by atoms with Crippen LogP contribution >= 0.6 is 7.82 Å². The van der Waals surface area contributed by atoms with Crippen LogP contribution in [0.4, 0.5) is 0 Å². The quantitative estimate of drug-likeness (QED) is 0.0205. The Hall–Kier alpha value is -2.03. The molecule has 78 heavy (non-hydrogen) atoms. The second-order valence-corrected chi connectivity index (χ2v) is 25.5. The summed E-state index contributed by atoms with van der Waals surface area (Å²) in [4.78, 5) is 37.8. The minimum atomic E-state index is -4.45. The van der Waals surface area contributed by atoms with Crippen molar-refractivity contribution >= 4 is 19.7 Å². The molecule has 0 saturated heterocycles. The zero-order valence-electron chi connectivity index (χ0n) is 52.4. The minimum Gasteiger partial charge on any atom is -0.456 e. The van der Waals surface area contributed by atoms with E-state index in [0.29, 0.717) is 17.4 Å². The number of allylic oxidation sites excluding steroid dienone is 7. The maximum absolute atomic E-state index is 13.6. The van der Waals surface area contributed by atoms with Gasteiger partial charge in [-0.3, -0.25) is 18.6 Å². The van der Waals surface area contributed by atoms with Crippen LogP contribution in [0.2, 0.25) is 0 Å². The van der Waals surface area contributed by atoms with Gasteiger partial charge < -0.3 is 19.4 Å². The Labute approximate surface area is 484 Å². The summed E-state index contributed by atoms with van der Waals surface area (Å²) < 4.78 is 30.8. The predicted octanol–water partition coefficient (Wildman–Crippen LogP) is 20.8. The molecule has 0 bridgehead atoms. The molecule has 3 atom stereocenters. The molecule has 0 aromatic heterocycles. The van der Waals surface area contributed by atoms with E-state index in [1.165, 1.54) is 218 Å². The SMILES string of the molecule is CCCCC/C=C\C/C=C\C/C=C\CCCCCCCCCCCCC(=O)OC(/C=C/CCCCCCCCCCCC)C(COP(=O)(O)OCC[N+](C)(C)C)NC(=O)CCCCCCCCCCCCCCCCCCC. The number of ether oxygens (including phenoxy) is 1. The van der Waals surface area contributed by atoms with Gasteiger partial charge in [-0.15, -0.1) is 0 Å². The summed E-state index contributed by atoms with van der Waals surface area (Å²) >= 11 is 0. The molecule has 0 aromatic rings. The monoisotopic (exact) mass is 1120 g/mol. The lowest BCUT2D eigenvalue weighted by Crippen LogP contribution is -2.47. The Bertz CT molecular complexity index is 1470. The van der Waals surface area contributed by atoms with E-state index < -0.39 is 20.0 Å². The number of likely N-dealkylation sites (N-methyl/N-ethyl adjacent to an activating group) is 1. The Kier molecular flexibility index (Phi) is 56.7. The van der Waals surface area contributed by atoms with Crippen LogP contribution in [0.1, 0.15) is 323 Å². The molecule has 0 aromatic carbocycles. The van der Waals surface area contributed by atoms with Gasteiger partial charge >= 0.3 is 13.8 Å². The van der Waals surface area contributed by atoms with Gasteiger partial charge in [0, 0.05) is 12.8 Å². The van der Waals surface area contributed by atoms with Gasteiger partial charge in [0.05, 0.1) is 33.8 Å². The Morgan fingerprint density at radius 1 is 0.449 bits per heavy atom. The average molecular weight is 1120 g/mol. The third-order valence-corrected chi connectivity index (χ3v) is 16.0. The lowest BCUT2D eigenvalue weighted by molar-refractivity contribution is -0.870. The van der Waals surface area contributed by atoms with Crippen LogP contribution in [0.25, 0.3) is 0 Å². The molecule has 0 spiro atoms. The molecule has 2 N–H and O–H groups in total. The summed E-state index contributed by atoms with van der Waals surface area (Å²) in [7, 11) is 1.50. The van der Waals surface area contributed by atoms with Crippen molar-refractivity contribution in [3.05, 3.63) is 48.6 Å². The first-order valence-corrected chi connectivity index (χ1v) is 35.0. The van der Waals surface area contributed by atoms with Crippen LogP contribution in [-0.4, -0.2) is 74.3 Å². The molecule has 0 heterocycles. The highest BCUT2D eigenvalue weighted by Crippen LogP contribution is 2.43. The van der Waals surface area contributed by atoms with E-state index in [0.717, 1.165) is 70.6 Å². The largest absolute Gasteiger partial charge is 0.472 e. The number of quaternary nitrogens is 1. The molecule has 3 unspecified atom stereocenters. The number of phosphoric acid groups is 1. The molecule has 1 amide bonds. The number of nitrogens with one attached hydrogen (secondary N) is 1. The van der Waals surface area contributed by atoms with Crippen LogP contribution < -0.4 is 5.32 Å². The highest BCUT2D eigenvalue weighted by Gasteiger charge is 2.30. The number of hydrogen-bond donors (Lipinski definition) is 2. The molecule has 0 aliphatic heterocycles. The summed E-state index contributed by atoms with van der Waals surface area (Å²) in [6, 6.07) is -0.847. The average Bonchev–Trinajstić information content (AvgIpc) is 3.40. The van der Waals surface area contributed by atoms with Gasteiger partial charge in [0.2, 0.25) is 5.91 Å². The number of carbonyl (C=O) groups is 2. The Morgan fingerprint density at radius 3 is 1.19 bits per heavy atom. The number of amides is 1. The van der Waals surface area contributed by atoms with E-state index in [1.807, 2.05) is 33.3 Å². The summed E-state index contributed by atoms with van der Waals surface area (Å²) in [6.45, 7) is 7.02. The van der Waals surface area contributed by atoms with Crippen molar-refractivity contribution in [1.29, 1.82) is 0 Å². The number of phosphoric ester groups is 1. The van der Waals surface area contributed by atoms with Gasteiger partial charge in [0.15, 0.2) is 0 Å². The van der Waals surface area contributed by atoms with E-state index in [1.54, 1.807) is 0 Å². The molecule has 10 heteroatoms. The van der Waals surface area contributed by atoms with E-state index in [4.69, 9.17) is 13.8 Å². The number of unbranched alkanes of at least 4 members (excludes halogenated alkanes) is 39. The van der Waals surface area contributed by atoms with Gasteiger partial charge in [0.25, 0.3) is 0 Å². The molecule has 0 aliphatic carbocycles. The second kappa shape index (κ2) is 58.2. The summed E-state index contributed by atoms with van der Waals surface area (Å²) in [5, 5.41) is 3.07. The van der Waals surface area contributed by atoms with Gasteiger partial charge in [-0.05, 0) is 70.3 Å². The number of nitrogens with zero attached hydrogens (tertiary/aromatic N) is 1. The van der Waals surface area contributed by atoms with E-state index in [2.05, 4.69) is 62.5 Å². The van der Waals surface area contributed by atoms with E-state index in [9.17, 15) is 19.0 Å². The third-order valence-electron chi connectivity index (χ3n) is 15.0. The summed E-state index contributed by atoms with van der Waals surface area (Å²) in [5.41, 5.74) is 0.